The van der Waals surface area contributed by atoms with E-state index in [1.807, 2.05) is 0 Å². The molecule has 5 nitrogen and oxygen atoms in total. The van der Waals surface area contributed by atoms with Crippen molar-refractivity contribution < 1.29 is 19.1 Å². The van der Waals surface area contributed by atoms with Gasteiger partial charge < -0.3 is 14.8 Å². The molecule has 92 valence electrons. The lowest BCUT2D eigenvalue weighted by Crippen LogP contribution is -2.39. The molecule has 0 radical (unpaired) electrons. The molecule has 0 heterocycles. The van der Waals surface area contributed by atoms with Crippen LogP contribution in [0.5, 0.6) is 0 Å². The molecular formula is C11H19NO4. The summed E-state index contributed by atoms with van der Waals surface area (Å²) in [5.41, 5.74) is -0.399. The van der Waals surface area contributed by atoms with Gasteiger partial charge in [0.2, 0.25) is 0 Å². The molecule has 0 saturated heterocycles. The molecule has 1 unspecified atom stereocenters. The quantitative estimate of drug-likeness (QED) is 0.590. The maximum atomic E-state index is 11.4. The minimum Gasteiger partial charge on any atom is -0.466 e. The summed E-state index contributed by atoms with van der Waals surface area (Å²) >= 11 is 0. The molecule has 1 amide bonds. The number of nitrogens with one attached hydrogen (secondary N) is 1. The lowest BCUT2D eigenvalue weighted by molar-refractivity contribution is -0.136. The van der Waals surface area contributed by atoms with Crippen molar-refractivity contribution in [1.29, 1.82) is 0 Å². The first-order chi connectivity index (χ1) is 7.17. The van der Waals surface area contributed by atoms with Gasteiger partial charge in [0.05, 0.1) is 18.7 Å². The van der Waals surface area contributed by atoms with Gasteiger partial charge in [0, 0.05) is 0 Å². The molecule has 0 aromatic rings. The Morgan fingerprint density at radius 1 is 1.31 bits per heavy atom. The molecule has 0 aromatic carbocycles. The number of rotatable bonds is 3. The first-order valence-corrected chi connectivity index (χ1v) is 4.94. The van der Waals surface area contributed by atoms with Gasteiger partial charge in [-0.2, -0.15) is 0 Å². The van der Waals surface area contributed by atoms with E-state index >= 15 is 0 Å². The van der Waals surface area contributed by atoms with E-state index in [-0.39, 0.29) is 5.57 Å². The van der Waals surface area contributed by atoms with Crippen molar-refractivity contribution in [2.75, 3.05) is 7.11 Å². The zero-order valence-corrected chi connectivity index (χ0v) is 10.4. The van der Waals surface area contributed by atoms with E-state index in [1.165, 1.54) is 7.11 Å². The molecule has 16 heavy (non-hydrogen) atoms. The molecule has 0 rings (SSSR count). The number of methoxy groups -OCH3 is 1. The molecule has 0 aromatic heterocycles. The van der Waals surface area contributed by atoms with Crippen molar-refractivity contribution in [1.82, 2.24) is 5.32 Å². The molecule has 0 saturated carbocycles. The zero-order valence-electron chi connectivity index (χ0n) is 10.4. The number of hydrogen-bond acceptors (Lipinski definition) is 4. The standard InChI is InChI=1S/C11H19NO4/c1-7(9(13)15-6)8(2)12-10(14)16-11(3,4)5/h8H,1H2,2-6H3,(H,12,14). The second-order valence-corrected chi connectivity index (χ2v) is 4.38. The lowest BCUT2D eigenvalue weighted by Gasteiger charge is -2.22. The van der Waals surface area contributed by atoms with E-state index < -0.39 is 23.7 Å². The molecule has 0 aliphatic carbocycles. The van der Waals surface area contributed by atoms with E-state index in [0.29, 0.717) is 0 Å². The Labute approximate surface area is 95.8 Å². The molecule has 1 N–H and O–H groups in total. The van der Waals surface area contributed by atoms with Crippen LogP contribution in [0.1, 0.15) is 27.7 Å². The van der Waals surface area contributed by atoms with Crippen molar-refractivity contribution in [3.63, 3.8) is 0 Å². The summed E-state index contributed by atoms with van der Waals surface area (Å²) in [4.78, 5) is 22.5. The average molecular weight is 229 g/mol. The summed E-state index contributed by atoms with van der Waals surface area (Å²) in [5.74, 6) is -0.552. The molecular weight excluding hydrogens is 210 g/mol. The van der Waals surface area contributed by atoms with Crippen molar-refractivity contribution in [2.45, 2.75) is 39.3 Å². The number of hydrogen-bond donors (Lipinski definition) is 1. The Balaban J connectivity index is 4.25. The molecule has 0 bridgehead atoms. The minimum absolute atomic E-state index is 0.174. The van der Waals surface area contributed by atoms with Gasteiger partial charge in [-0.15, -0.1) is 0 Å². The number of carbonyl (C=O) groups excluding carboxylic acids is 2. The van der Waals surface area contributed by atoms with E-state index in [4.69, 9.17) is 4.74 Å². The summed E-state index contributed by atoms with van der Waals surface area (Å²) in [5, 5.41) is 2.49. The normalized spacial score (nSPS) is 12.6. The number of ether oxygens (including phenoxy) is 2. The first-order valence-electron chi connectivity index (χ1n) is 4.94. The highest BCUT2D eigenvalue weighted by molar-refractivity contribution is 5.89. The molecule has 0 aliphatic heterocycles. The average Bonchev–Trinajstić information content (AvgIpc) is 2.12. The monoisotopic (exact) mass is 229 g/mol. The van der Waals surface area contributed by atoms with Crippen LogP contribution in [-0.4, -0.2) is 30.8 Å². The summed E-state index contributed by atoms with van der Waals surface area (Å²) in [6.07, 6.45) is -0.593. The van der Waals surface area contributed by atoms with Gasteiger partial charge in [-0.05, 0) is 27.7 Å². The van der Waals surface area contributed by atoms with E-state index in [2.05, 4.69) is 16.6 Å². The van der Waals surface area contributed by atoms with Gasteiger partial charge in [0.15, 0.2) is 0 Å². The summed E-state index contributed by atoms with van der Waals surface area (Å²) in [6.45, 7) is 10.4. The van der Waals surface area contributed by atoms with Gasteiger partial charge in [-0.3, -0.25) is 0 Å². The van der Waals surface area contributed by atoms with Gasteiger partial charge >= 0.3 is 12.1 Å². The van der Waals surface area contributed by atoms with Crippen LogP contribution in [0.4, 0.5) is 4.79 Å². The number of alkyl carbamates (subject to hydrolysis) is 1. The van der Waals surface area contributed by atoms with Crippen LogP contribution in [0.2, 0.25) is 0 Å². The molecule has 0 spiro atoms. The third kappa shape index (κ3) is 5.38. The largest absolute Gasteiger partial charge is 0.466 e. The number of esters is 1. The fourth-order valence-corrected chi connectivity index (χ4v) is 0.879. The number of amides is 1. The highest BCUT2D eigenvalue weighted by atomic mass is 16.6. The SMILES string of the molecule is C=C(C(=O)OC)C(C)NC(=O)OC(C)(C)C. The van der Waals surface area contributed by atoms with E-state index in [9.17, 15) is 9.59 Å². The topological polar surface area (TPSA) is 64.6 Å². The third-order valence-electron chi connectivity index (χ3n) is 1.70. The predicted octanol–water partition coefficient (Wildman–Crippen LogP) is 1.63. The fraction of sp³-hybridized carbons (Fsp3) is 0.636. The minimum atomic E-state index is -0.593. The van der Waals surface area contributed by atoms with Gasteiger partial charge in [-0.1, -0.05) is 6.58 Å². The maximum Gasteiger partial charge on any atom is 0.408 e. The van der Waals surface area contributed by atoms with Crippen LogP contribution in [0, 0.1) is 0 Å². The van der Waals surface area contributed by atoms with Crippen LogP contribution in [0.3, 0.4) is 0 Å². The molecule has 0 fully saturated rings. The van der Waals surface area contributed by atoms with Crippen molar-refractivity contribution in [3.8, 4) is 0 Å². The van der Waals surface area contributed by atoms with Gasteiger partial charge in [-0.25, -0.2) is 9.59 Å². The van der Waals surface area contributed by atoms with Crippen LogP contribution in [-0.2, 0) is 14.3 Å². The predicted molar refractivity (Wildman–Crippen MR) is 60.0 cm³/mol. The van der Waals surface area contributed by atoms with Crippen LogP contribution in [0.25, 0.3) is 0 Å². The Morgan fingerprint density at radius 2 is 1.81 bits per heavy atom. The van der Waals surface area contributed by atoms with Gasteiger partial charge in [0.25, 0.3) is 0 Å². The van der Waals surface area contributed by atoms with E-state index in [0.717, 1.165) is 0 Å². The fourth-order valence-electron chi connectivity index (χ4n) is 0.879. The van der Waals surface area contributed by atoms with Crippen LogP contribution >= 0.6 is 0 Å². The molecule has 0 aliphatic rings. The maximum absolute atomic E-state index is 11.4. The molecule has 1 atom stereocenters. The van der Waals surface area contributed by atoms with E-state index in [1.54, 1.807) is 27.7 Å². The van der Waals surface area contributed by atoms with Crippen LogP contribution < -0.4 is 5.32 Å². The van der Waals surface area contributed by atoms with Gasteiger partial charge in [0.1, 0.15) is 5.60 Å². The lowest BCUT2D eigenvalue weighted by atomic mass is 10.1. The zero-order chi connectivity index (χ0) is 12.9. The second-order valence-electron chi connectivity index (χ2n) is 4.38. The summed E-state index contributed by atoms with van der Waals surface area (Å²) in [7, 11) is 1.26. The smallest absolute Gasteiger partial charge is 0.408 e. The summed E-state index contributed by atoms with van der Waals surface area (Å²) in [6, 6.07) is -0.526. The number of carbonyl (C=O) groups is 2. The van der Waals surface area contributed by atoms with Crippen molar-refractivity contribution in [3.05, 3.63) is 12.2 Å². The second kappa shape index (κ2) is 5.53. The highest BCUT2D eigenvalue weighted by Crippen LogP contribution is 2.08. The Kier molecular flexibility index (Phi) is 5.01. The van der Waals surface area contributed by atoms with Crippen LogP contribution in [0.15, 0.2) is 12.2 Å². The molecule has 5 heteroatoms. The Bertz CT molecular complexity index is 291. The first kappa shape index (κ1) is 14.5. The highest BCUT2D eigenvalue weighted by Gasteiger charge is 2.21. The van der Waals surface area contributed by atoms with Crippen molar-refractivity contribution in [2.24, 2.45) is 0 Å². The third-order valence-corrected chi connectivity index (χ3v) is 1.70. The Morgan fingerprint density at radius 3 is 2.19 bits per heavy atom. The van der Waals surface area contributed by atoms with Crippen molar-refractivity contribution >= 4 is 12.1 Å². The summed E-state index contributed by atoms with van der Waals surface area (Å²) < 4.78 is 9.51. The Hall–Kier alpha value is -1.52.